The van der Waals surface area contributed by atoms with Gasteiger partial charge in [-0.25, -0.2) is 0 Å². The van der Waals surface area contributed by atoms with Gasteiger partial charge in [-0.1, -0.05) is 56.3 Å². The van der Waals surface area contributed by atoms with Crippen molar-refractivity contribution in [3.63, 3.8) is 0 Å². The Morgan fingerprint density at radius 1 is 0.962 bits per heavy atom. The molecule has 4 heteroatoms. The van der Waals surface area contributed by atoms with Crippen molar-refractivity contribution in [3.05, 3.63) is 64.8 Å². The Kier molecular flexibility index (Phi) is 6.08. The molecular weight excluding hydrogens is 326 g/mol. The van der Waals surface area contributed by atoms with Crippen molar-refractivity contribution in [2.24, 2.45) is 0 Å². The topological polar surface area (TPSA) is 42.7 Å². The van der Waals surface area contributed by atoms with Crippen LogP contribution in [0.4, 0.5) is 0 Å². The van der Waals surface area contributed by atoms with Gasteiger partial charge in [0.15, 0.2) is 0 Å². The summed E-state index contributed by atoms with van der Waals surface area (Å²) < 4.78 is 11.9. The molecule has 0 aliphatic heterocycles. The Bertz CT molecular complexity index is 898. The Morgan fingerprint density at radius 3 is 2.38 bits per heavy atom. The van der Waals surface area contributed by atoms with Crippen LogP contribution in [0.15, 0.2) is 63.8 Å². The summed E-state index contributed by atoms with van der Waals surface area (Å²) in [6.45, 7) is 7.83. The summed E-state index contributed by atoms with van der Waals surface area (Å²) in [5.41, 5.74) is 1.80. The molecule has 0 spiro atoms. The minimum atomic E-state index is -0.0585. The predicted molar refractivity (Wildman–Crippen MR) is 106 cm³/mol. The summed E-state index contributed by atoms with van der Waals surface area (Å²) >= 11 is 0. The summed E-state index contributed by atoms with van der Waals surface area (Å²) in [5, 5.41) is 0.571. The highest BCUT2D eigenvalue weighted by Gasteiger charge is 2.17. The fraction of sp³-hybridized carbons (Fsp3) is 0.318. The minimum Gasteiger partial charge on any atom is -0.465 e. The van der Waals surface area contributed by atoms with Crippen LogP contribution in [-0.2, 0) is 0 Å². The molecule has 0 fully saturated rings. The van der Waals surface area contributed by atoms with Crippen LogP contribution in [0.25, 0.3) is 22.1 Å². The van der Waals surface area contributed by atoms with E-state index >= 15 is 0 Å². The number of benzene rings is 2. The summed E-state index contributed by atoms with van der Waals surface area (Å²) in [6, 6.07) is 16.9. The van der Waals surface area contributed by atoms with E-state index in [-0.39, 0.29) is 5.43 Å². The highest BCUT2D eigenvalue weighted by atomic mass is 16.6. The summed E-state index contributed by atoms with van der Waals surface area (Å²) in [5.74, 6) is 0.305. The van der Waals surface area contributed by atoms with Crippen molar-refractivity contribution in [2.45, 2.75) is 20.3 Å². The summed E-state index contributed by atoms with van der Waals surface area (Å²) in [6.07, 6.45) is 0.881. The average molecular weight is 351 g/mol. The molecule has 0 saturated heterocycles. The molecule has 26 heavy (non-hydrogen) atoms. The molecule has 0 aliphatic carbocycles. The molecule has 0 N–H and O–H groups in total. The number of para-hydroxylation sites is 1. The van der Waals surface area contributed by atoms with Crippen molar-refractivity contribution in [1.82, 2.24) is 4.90 Å². The second-order valence-corrected chi connectivity index (χ2v) is 6.18. The third-order valence-corrected chi connectivity index (χ3v) is 4.57. The van der Waals surface area contributed by atoms with Gasteiger partial charge in [0.1, 0.15) is 11.1 Å². The third-order valence-electron chi connectivity index (χ3n) is 4.57. The molecule has 1 heterocycles. The molecule has 0 bridgehead atoms. The largest absolute Gasteiger partial charge is 0.465 e. The van der Waals surface area contributed by atoms with Crippen LogP contribution in [0.2, 0.25) is 0 Å². The molecule has 0 radical (unpaired) electrons. The van der Waals surface area contributed by atoms with Gasteiger partial charge < -0.3 is 14.1 Å². The van der Waals surface area contributed by atoms with Crippen molar-refractivity contribution in [2.75, 3.05) is 26.2 Å². The standard InChI is InChI=1S/C22H25NO3/c1-3-23(4-2)15-10-16-25-22-20(17-11-6-5-7-12-17)21(24)18-13-8-9-14-19(18)26-22/h5-9,11-14H,3-4,10,15-16H2,1-2H3. The monoisotopic (exact) mass is 351 g/mol. The van der Waals surface area contributed by atoms with E-state index in [1.807, 2.05) is 42.5 Å². The maximum Gasteiger partial charge on any atom is 0.297 e. The van der Waals surface area contributed by atoms with Crippen molar-refractivity contribution < 1.29 is 9.15 Å². The first-order valence-electron chi connectivity index (χ1n) is 9.21. The van der Waals surface area contributed by atoms with Crippen LogP contribution in [-0.4, -0.2) is 31.1 Å². The van der Waals surface area contributed by atoms with Crippen LogP contribution < -0.4 is 10.2 Å². The first-order chi connectivity index (χ1) is 12.7. The SMILES string of the molecule is CCN(CC)CCCOc1oc2ccccc2c(=O)c1-c1ccccc1. The van der Waals surface area contributed by atoms with Crippen LogP contribution in [0, 0.1) is 0 Å². The predicted octanol–water partition coefficient (Wildman–Crippen LogP) is 4.57. The average Bonchev–Trinajstić information content (AvgIpc) is 2.69. The van der Waals surface area contributed by atoms with Gasteiger partial charge in [-0.05, 0) is 37.2 Å². The van der Waals surface area contributed by atoms with Gasteiger partial charge in [0.25, 0.3) is 5.95 Å². The fourth-order valence-electron chi connectivity index (χ4n) is 3.07. The maximum absolute atomic E-state index is 13.0. The van der Waals surface area contributed by atoms with Gasteiger partial charge >= 0.3 is 0 Å². The molecule has 0 aliphatic rings. The molecule has 1 aromatic heterocycles. The van der Waals surface area contributed by atoms with Crippen LogP contribution in [0.5, 0.6) is 5.95 Å². The Balaban J connectivity index is 1.91. The van der Waals surface area contributed by atoms with Crippen LogP contribution in [0.3, 0.4) is 0 Å². The molecule has 136 valence electrons. The van der Waals surface area contributed by atoms with E-state index in [1.165, 1.54) is 0 Å². The van der Waals surface area contributed by atoms with Crippen LogP contribution >= 0.6 is 0 Å². The smallest absolute Gasteiger partial charge is 0.297 e. The Hall–Kier alpha value is -2.59. The molecule has 2 aromatic carbocycles. The van der Waals surface area contributed by atoms with E-state index < -0.39 is 0 Å². The second-order valence-electron chi connectivity index (χ2n) is 6.18. The van der Waals surface area contributed by atoms with Crippen LogP contribution in [0.1, 0.15) is 20.3 Å². The normalized spacial score (nSPS) is 11.2. The summed E-state index contributed by atoms with van der Waals surface area (Å²) in [4.78, 5) is 15.4. The maximum atomic E-state index is 13.0. The number of fused-ring (bicyclic) bond motifs is 1. The number of rotatable bonds is 8. The molecule has 0 atom stereocenters. The highest BCUT2D eigenvalue weighted by molar-refractivity contribution is 5.83. The lowest BCUT2D eigenvalue weighted by atomic mass is 10.1. The Morgan fingerprint density at radius 2 is 1.65 bits per heavy atom. The second kappa shape index (κ2) is 8.68. The zero-order valence-corrected chi connectivity index (χ0v) is 15.4. The first-order valence-corrected chi connectivity index (χ1v) is 9.21. The van der Waals surface area contributed by atoms with E-state index in [2.05, 4.69) is 18.7 Å². The molecular formula is C22H25NO3. The quantitative estimate of drug-likeness (QED) is 0.558. The van der Waals surface area contributed by atoms with Gasteiger partial charge in [0, 0.05) is 6.54 Å². The minimum absolute atomic E-state index is 0.0585. The number of ether oxygens (including phenoxy) is 1. The summed E-state index contributed by atoms with van der Waals surface area (Å²) in [7, 11) is 0. The third kappa shape index (κ3) is 3.97. The zero-order valence-electron chi connectivity index (χ0n) is 15.4. The van der Waals surface area contributed by atoms with Crippen molar-refractivity contribution >= 4 is 11.0 Å². The number of hydrogen-bond donors (Lipinski definition) is 0. The lowest BCUT2D eigenvalue weighted by molar-refractivity contribution is 0.216. The lowest BCUT2D eigenvalue weighted by Gasteiger charge is -2.18. The number of hydrogen-bond acceptors (Lipinski definition) is 4. The van der Waals surface area contributed by atoms with Gasteiger partial charge in [-0.3, -0.25) is 4.79 Å². The first kappa shape index (κ1) is 18.2. The molecule has 3 aromatic rings. The molecule has 3 rings (SSSR count). The fourth-order valence-corrected chi connectivity index (χ4v) is 3.07. The van der Waals surface area contributed by atoms with E-state index in [9.17, 15) is 4.79 Å². The van der Waals surface area contributed by atoms with Gasteiger partial charge in [0.2, 0.25) is 5.43 Å². The lowest BCUT2D eigenvalue weighted by Crippen LogP contribution is -2.25. The molecule has 0 amide bonds. The van der Waals surface area contributed by atoms with E-state index in [0.717, 1.165) is 31.6 Å². The molecule has 4 nitrogen and oxygen atoms in total. The Labute approximate surface area is 154 Å². The molecule has 0 unspecified atom stereocenters. The molecule has 0 saturated carbocycles. The van der Waals surface area contributed by atoms with Crippen molar-refractivity contribution in [3.8, 4) is 17.1 Å². The van der Waals surface area contributed by atoms with E-state index in [0.29, 0.717) is 29.1 Å². The van der Waals surface area contributed by atoms with E-state index in [1.54, 1.807) is 12.1 Å². The van der Waals surface area contributed by atoms with E-state index in [4.69, 9.17) is 9.15 Å². The van der Waals surface area contributed by atoms with Gasteiger partial charge in [-0.2, -0.15) is 0 Å². The zero-order chi connectivity index (χ0) is 18.4. The highest BCUT2D eigenvalue weighted by Crippen LogP contribution is 2.30. The number of nitrogens with zero attached hydrogens (tertiary/aromatic N) is 1. The van der Waals surface area contributed by atoms with Crippen molar-refractivity contribution in [1.29, 1.82) is 0 Å². The van der Waals surface area contributed by atoms with Gasteiger partial charge in [-0.15, -0.1) is 0 Å². The van der Waals surface area contributed by atoms with Gasteiger partial charge in [0.05, 0.1) is 12.0 Å².